The molecule has 0 saturated carbocycles. The molecular weight excluding hydrogens is 524 g/mol. The summed E-state index contributed by atoms with van der Waals surface area (Å²) in [5, 5.41) is 9.58. The lowest BCUT2D eigenvalue weighted by atomic mass is 10.00. The summed E-state index contributed by atoms with van der Waals surface area (Å²) in [6, 6.07) is 31.3. The van der Waals surface area contributed by atoms with Crippen LogP contribution in [0.4, 0.5) is 5.69 Å². The molecule has 0 spiro atoms. The third-order valence-electron chi connectivity index (χ3n) is 5.51. The molecule has 5 aromatic rings. The Morgan fingerprint density at radius 1 is 0.886 bits per heavy atom. The molecule has 0 atom stereocenters. The maximum Gasteiger partial charge on any atom is 0.119 e. The van der Waals surface area contributed by atoms with Gasteiger partial charge in [-0.2, -0.15) is 0 Å². The SMILES string of the molecule is COc1ccc(N=C/C(=C(\c2ccc(Cl)cc2)n2nnc3ccccc32)c2ccc(Br)cc2)cc1. The second-order valence-corrected chi connectivity index (χ2v) is 9.07. The van der Waals surface area contributed by atoms with Crippen LogP contribution in [0.25, 0.3) is 22.3 Å². The number of rotatable bonds is 6. The number of ether oxygens (including phenoxy) is 1. The number of hydrogen-bond acceptors (Lipinski definition) is 4. The molecule has 0 fully saturated rings. The zero-order valence-corrected chi connectivity index (χ0v) is 21.1. The minimum Gasteiger partial charge on any atom is -0.497 e. The number of allylic oxidation sites excluding steroid dienone is 1. The van der Waals surface area contributed by atoms with Crippen molar-refractivity contribution in [2.24, 2.45) is 4.99 Å². The molecule has 0 unspecified atom stereocenters. The van der Waals surface area contributed by atoms with Gasteiger partial charge < -0.3 is 4.74 Å². The topological polar surface area (TPSA) is 52.3 Å². The van der Waals surface area contributed by atoms with E-state index in [1.54, 1.807) is 7.11 Å². The molecule has 35 heavy (non-hydrogen) atoms. The number of hydrogen-bond donors (Lipinski definition) is 0. The first-order valence-corrected chi connectivity index (χ1v) is 12.0. The van der Waals surface area contributed by atoms with E-state index in [2.05, 4.69) is 38.4 Å². The Labute approximate surface area is 216 Å². The van der Waals surface area contributed by atoms with E-state index < -0.39 is 0 Å². The van der Waals surface area contributed by atoms with Gasteiger partial charge in [0.2, 0.25) is 0 Å². The van der Waals surface area contributed by atoms with Crippen molar-refractivity contribution in [2.75, 3.05) is 7.11 Å². The van der Waals surface area contributed by atoms with Crippen molar-refractivity contribution in [3.8, 4) is 5.75 Å². The standard InChI is InChI=1S/C28H20BrClN4O/c1-35-24-16-14-23(15-17-24)31-18-25(19-6-10-21(29)11-7-19)28(20-8-12-22(30)13-9-20)34-27-5-3-2-4-26(27)32-33-34/h2-18H,1H3/b28-25-,31-18?. The van der Waals surface area contributed by atoms with Gasteiger partial charge in [0.15, 0.2) is 0 Å². The van der Waals surface area contributed by atoms with Gasteiger partial charge in [-0.25, -0.2) is 4.68 Å². The normalized spacial score (nSPS) is 12.2. The second kappa shape index (κ2) is 10.3. The van der Waals surface area contributed by atoms with E-state index >= 15 is 0 Å². The number of halogens is 2. The summed E-state index contributed by atoms with van der Waals surface area (Å²) >= 11 is 9.76. The van der Waals surface area contributed by atoms with Crippen molar-refractivity contribution in [1.82, 2.24) is 15.0 Å². The predicted molar refractivity (Wildman–Crippen MR) is 146 cm³/mol. The van der Waals surface area contributed by atoms with Crippen molar-refractivity contribution in [3.63, 3.8) is 0 Å². The van der Waals surface area contributed by atoms with Crippen molar-refractivity contribution < 1.29 is 4.74 Å². The number of methoxy groups -OCH3 is 1. The van der Waals surface area contributed by atoms with Gasteiger partial charge in [0.25, 0.3) is 0 Å². The summed E-state index contributed by atoms with van der Waals surface area (Å²) in [7, 11) is 1.65. The van der Waals surface area contributed by atoms with Crippen molar-refractivity contribution in [3.05, 3.63) is 118 Å². The number of benzene rings is 4. The molecular formula is C28H20BrClN4O. The van der Waals surface area contributed by atoms with Crippen LogP contribution in [0.1, 0.15) is 11.1 Å². The Bertz CT molecular complexity index is 1520. The summed E-state index contributed by atoms with van der Waals surface area (Å²) in [5.41, 5.74) is 6.14. The van der Waals surface area contributed by atoms with Gasteiger partial charge in [0.05, 0.1) is 24.0 Å². The maximum atomic E-state index is 6.22. The van der Waals surface area contributed by atoms with Crippen LogP contribution in [-0.4, -0.2) is 28.3 Å². The highest BCUT2D eigenvalue weighted by molar-refractivity contribution is 9.10. The Kier molecular flexibility index (Phi) is 6.75. The summed E-state index contributed by atoms with van der Waals surface area (Å²) in [6.07, 6.45) is 1.87. The van der Waals surface area contributed by atoms with Gasteiger partial charge >= 0.3 is 0 Å². The van der Waals surface area contributed by atoms with Crippen LogP contribution in [0.5, 0.6) is 5.75 Å². The van der Waals surface area contributed by atoms with E-state index in [0.29, 0.717) is 5.02 Å². The van der Waals surface area contributed by atoms with Crippen LogP contribution in [0.3, 0.4) is 0 Å². The molecule has 0 amide bonds. The third kappa shape index (κ3) is 5.04. The van der Waals surface area contributed by atoms with Gasteiger partial charge in [-0.15, -0.1) is 5.10 Å². The zero-order chi connectivity index (χ0) is 24.2. The Balaban J connectivity index is 1.78. The van der Waals surface area contributed by atoms with Crippen molar-refractivity contribution >= 4 is 61.7 Å². The minimum atomic E-state index is 0.661. The molecule has 0 N–H and O–H groups in total. The Morgan fingerprint density at radius 3 is 2.29 bits per heavy atom. The monoisotopic (exact) mass is 542 g/mol. The Morgan fingerprint density at radius 2 is 1.57 bits per heavy atom. The molecule has 4 aromatic carbocycles. The molecule has 0 aliphatic rings. The molecule has 7 heteroatoms. The van der Waals surface area contributed by atoms with E-state index in [1.165, 1.54) is 0 Å². The molecule has 0 saturated heterocycles. The first-order valence-electron chi connectivity index (χ1n) is 10.9. The fourth-order valence-corrected chi connectivity index (χ4v) is 4.13. The number of aliphatic imine (C=N–C) groups is 1. The zero-order valence-electron chi connectivity index (χ0n) is 18.8. The average Bonchev–Trinajstić information content (AvgIpc) is 3.32. The van der Waals surface area contributed by atoms with Crippen LogP contribution in [0, 0.1) is 0 Å². The fourth-order valence-electron chi connectivity index (χ4n) is 3.74. The highest BCUT2D eigenvalue weighted by Gasteiger charge is 2.17. The molecule has 172 valence electrons. The first kappa shape index (κ1) is 23.0. The van der Waals surface area contributed by atoms with Crippen LogP contribution < -0.4 is 4.74 Å². The lowest BCUT2D eigenvalue weighted by molar-refractivity contribution is 0.415. The molecule has 0 radical (unpaired) electrons. The predicted octanol–water partition coefficient (Wildman–Crippen LogP) is 7.67. The number of fused-ring (bicyclic) bond motifs is 1. The summed E-state index contributed by atoms with van der Waals surface area (Å²) < 4.78 is 8.13. The lowest BCUT2D eigenvalue weighted by Crippen LogP contribution is -2.06. The van der Waals surface area contributed by atoms with Crippen LogP contribution in [0.2, 0.25) is 5.02 Å². The van der Waals surface area contributed by atoms with E-state index in [0.717, 1.165) is 49.3 Å². The molecule has 1 aromatic heterocycles. The van der Waals surface area contributed by atoms with E-state index in [9.17, 15) is 0 Å². The highest BCUT2D eigenvalue weighted by Crippen LogP contribution is 2.31. The molecule has 1 heterocycles. The first-order chi connectivity index (χ1) is 17.1. The molecule has 5 nitrogen and oxygen atoms in total. The van der Waals surface area contributed by atoms with Gasteiger partial charge in [-0.05, 0) is 66.2 Å². The quantitative estimate of drug-likeness (QED) is 0.163. The number of para-hydroxylation sites is 1. The van der Waals surface area contributed by atoms with Crippen molar-refractivity contribution in [2.45, 2.75) is 0 Å². The minimum absolute atomic E-state index is 0.661. The smallest absolute Gasteiger partial charge is 0.119 e. The summed E-state index contributed by atoms with van der Waals surface area (Å²) in [5.74, 6) is 0.781. The van der Waals surface area contributed by atoms with Gasteiger partial charge in [-0.1, -0.05) is 69.1 Å². The third-order valence-corrected chi connectivity index (χ3v) is 6.29. The average molecular weight is 544 g/mol. The fraction of sp³-hybridized carbons (Fsp3) is 0.0357. The molecule has 5 rings (SSSR count). The largest absolute Gasteiger partial charge is 0.497 e. The van der Waals surface area contributed by atoms with Crippen LogP contribution in [-0.2, 0) is 0 Å². The van der Waals surface area contributed by atoms with Gasteiger partial charge in [0, 0.05) is 26.8 Å². The van der Waals surface area contributed by atoms with E-state index in [4.69, 9.17) is 21.3 Å². The van der Waals surface area contributed by atoms with Gasteiger partial charge in [0.1, 0.15) is 11.3 Å². The highest BCUT2D eigenvalue weighted by atomic mass is 79.9. The lowest BCUT2D eigenvalue weighted by Gasteiger charge is -2.15. The van der Waals surface area contributed by atoms with Crippen LogP contribution in [0.15, 0.2) is 107 Å². The van der Waals surface area contributed by atoms with Gasteiger partial charge in [-0.3, -0.25) is 4.99 Å². The number of aromatic nitrogens is 3. The molecule has 0 aliphatic carbocycles. The summed E-state index contributed by atoms with van der Waals surface area (Å²) in [6.45, 7) is 0. The van der Waals surface area contributed by atoms with Crippen LogP contribution >= 0.6 is 27.5 Å². The summed E-state index contributed by atoms with van der Waals surface area (Å²) in [4.78, 5) is 4.80. The molecule has 0 bridgehead atoms. The van der Waals surface area contributed by atoms with Crippen molar-refractivity contribution in [1.29, 1.82) is 0 Å². The van der Waals surface area contributed by atoms with E-state index in [-0.39, 0.29) is 0 Å². The molecule has 0 aliphatic heterocycles. The second-order valence-electron chi connectivity index (χ2n) is 7.72. The Hall–Kier alpha value is -3.74. The van der Waals surface area contributed by atoms with E-state index in [1.807, 2.05) is 95.8 Å². The maximum absolute atomic E-state index is 6.22. The number of nitrogens with zero attached hydrogens (tertiary/aromatic N) is 4.